The Morgan fingerprint density at radius 1 is 1.86 bits per heavy atom. The molecule has 0 aliphatic heterocycles. The number of hydrogen-bond donors (Lipinski definition) is 2. The summed E-state index contributed by atoms with van der Waals surface area (Å²) in [7, 11) is 0. The largest absolute Gasteiger partial charge is 0.395 e. The third-order valence-electron chi connectivity index (χ3n) is 0.429. The zero-order valence-corrected chi connectivity index (χ0v) is 6.10. The molecule has 0 bridgehead atoms. The van der Waals surface area contributed by atoms with Crippen LogP contribution in [-0.4, -0.2) is 18.3 Å². The summed E-state index contributed by atoms with van der Waals surface area (Å²) in [6.07, 6.45) is 0. The Bertz CT molecular complexity index is 64.7. The van der Waals surface area contributed by atoms with E-state index in [0.717, 1.165) is 3.70 Å². The first-order valence-corrected chi connectivity index (χ1v) is 3.04. The van der Waals surface area contributed by atoms with Crippen molar-refractivity contribution < 1.29 is 5.11 Å². The van der Waals surface area contributed by atoms with Gasteiger partial charge in [0.05, 0.1) is 10.3 Å². The van der Waals surface area contributed by atoms with Crippen LogP contribution in [0.5, 0.6) is 0 Å². The molecule has 0 radical (unpaired) electrons. The summed E-state index contributed by atoms with van der Waals surface area (Å²) >= 11 is 2.05. The fourth-order valence-corrected chi connectivity index (χ4v) is 0.461. The number of halogens is 1. The summed E-state index contributed by atoms with van der Waals surface area (Å²) < 4.78 is 0.867. The lowest BCUT2D eigenvalue weighted by Gasteiger charge is -1.96. The molecule has 0 spiro atoms. The van der Waals surface area contributed by atoms with Crippen molar-refractivity contribution in [2.75, 3.05) is 13.2 Å². The molecule has 0 rings (SSSR count). The van der Waals surface area contributed by atoms with E-state index < -0.39 is 0 Å². The second-order valence-corrected chi connectivity index (χ2v) is 2.36. The van der Waals surface area contributed by atoms with Gasteiger partial charge >= 0.3 is 0 Å². The van der Waals surface area contributed by atoms with Crippen LogP contribution in [0.4, 0.5) is 0 Å². The van der Waals surface area contributed by atoms with E-state index in [-0.39, 0.29) is 6.61 Å². The molecule has 0 atom stereocenters. The van der Waals surface area contributed by atoms with Gasteiger partial charge in [0.15, 0.2) is 0 Å². The SMILES string of the molecule is C=C(I)NCCO. The van der Waals surface area contributed by atoms with Crippen LogP contribution in [0.1, 0.15) is 0 Å². The molecule has 2 N–H and O–H groups in total. The Morgan fingerprint density at radius 2 is 2.43 bits per heavy atom. The lowest BCUT2D eigenvalue weighted by molar-refractivity contribution is 0.298. The van der Waals surface area contributed by atoms with Gasteiger partial charge in [-0.05, 0) is 22.6 Å². The van der Waals surface area contributed by atoms with Gasteiger partial charge in [0.25, 0.3) is 0 Å². The molecule has 0 aliphatic carbocycles. The fourth-order valence-electron chi connectivity index (χ4n) is 0.192. The predicted molar refractivity (Wildman–Crippen MR) is 38.2 cm³/mol. The zero-order valence-electron chi connectivity index (χ0n) is 3.95. The third-order valence-corrected chi connectivity index (χ3v) is 0.810. The molecule has 2 nitrogen and oxygen atoms in total. The van der Waals surface area contributed by atoms with Gasteiger partial charge in [0.2, 0.25) is 0 Å². The molecule has 3 heteroatoms. The monoisotopic (exact) mass is 213 g/mol. The average Bonchev–Trinajstić information content (AvgIpc) is 1.61. The Labute approximate surface area is 56.8 Å². The Morgan fingerprint density at radius 3 is 2.57 bits per heavy atom. The number of hydrogen-bond acceptors (Lipinski definition) is 2. The Balaban J connectivity index is 2.82. The molecule has 0 aliphatic rings. The summed E-state index contributed by atoms with van der Waals surface area (Å²) in [5.74, 6) is 0. The molecule has 0 saturated carbocycles. The van der Waals surface area contributed by atoms with Gasteiger partial charge in [-0.25, -0.2) is 0 Å². The molecular weight excluding hydrogens is 205 g/mol. The van der Waals surface area contributed by atoms with E-state index in [1.807, 2.05) is 22.6 Å². The van der Waals surface area contributed by atoms with Crippen molar-refractivity contribution in [3.8, 4) is 0 Å². The van der Waals surface area contributed by atoms with E-state index in [0.29, 0.717) is 6.54 Å². The topological polar surface area (TPSA) is 32.3 Å². The molecule has 0 unspecified atom stereocenters. The molecule has 0 amide bonds. The highest BCUT2D eigenvalue weighted by atomic mass is 127. The smallest absolute Gasteiger partial charge is 0.0659 e. The van der Waals surface area contributed by atoms with Crippen molar-refractivity contribution in [3.63, 3.8) is 0 Å². The molecule has 7 heavy (non-hydrogen) atoms. The van der Waals surface area contributed by atoms with Crippen LogP contribution in [0.3, 0.4) is 0 Å². The van der Waals surface area contributed by atoms with Crippen molar-refractivity contribution in [1.29, 1.82) is 0 Å². The van der Waals surface area contributed by atoms with Crippen LogP contribution >= 0.6 is 22.6 Å². The molecule has 0 saturated heterocycles. The number of rotatable bonds is 3. The minimum absolute atomic E-state index is 0.169. The molecule has 0 aromatic carbocycles. The van der Waals surface area contributed by atoms with Gasteiger partial charge in [-0.1, -0.05) is 6.58 Å². The van der Waals surface area contributed by atoms with E-state index in [9.17, 15) is 0 Å². The quantitative estimate of drug-likeness (QED) is 0.527. The summed E-state index contributed by atoms with van der Waals surface area (Å²) in [6, 6.07) is 0. The second-order valence-electron chi connectivity index (χ2n) is 1.06. The molecule has 0 fully saturated rings. The predicted octanol–water partition coefficient (Wildman–Crippen LogP) is 0.474. The van der Waals surface area contributed by atoms with Crippen molar-refractivity contribution in [2.45, 2.75) is 0 Å². The van der Waals surface area contributed by atoms with Gasteiger partial charge in [-0.15, -0.1) is 0 Å². The van der Waals surface area contributed by atoms with E-state index in [2.05, 4.69) is 11.9 Å². The van der Waals surface area contributed by atoms with Crippen LogP contribution in [-0.2, 0) is 0 Å². The maximum absolute atomic E-state index is 8.21. The minimum atomic E-state index is 0.169. The number of aliphatic hydroxyl groups is 1. The molecule has 0 heterocycles. The number of aliphatic hydroxyl groups excluding tert-OH is 1. The molecule has 42 valence electrons. The average molecular weight is 213 g/mol. The van der Waals surface area contributed by atoms with Crippen LogP contribution in [0.15, 0.2) is 10.3 Å². The van der Waals surface area contributed by atoms with E-state index in [4.69, 9.17) is 5.11 Å². The maximum Gasteiger partial charge on any atom is 0.0659 e. The zero-order chi connectivity index (χ0) is 5.70. The van der Waals surface area contributed by atoms with Gasteiger partial charge in [-0.2, -0.15) is 0 Å². The van der Waals surface area contributed by atoms with Gasteiger partial charge in [-0.3, -0.25) is 0 Å². The fraction of sp³-hybridized carbons (Fsp3) is 0.500. The van der Waals surface area contributed by atoms with Gasteiger partial charge in [0, 0.05) is 6.54 Å². The lowest BCUT2D eigenvalue weighted by atomic mass is 10.7. The molecule has 0 aromatic heterocycles. The second kappa shape index (κ2) is 4.39. The Hall–Kier alpha value is 0.230. The third kappa shape index (κ3) is 6.23. The van der Waals surface area contributed by atoms with Crippen LogP contribution in [0.25, 0.3) is 0 Å². The normalized spacial score (nSPS) is 8.29. The highest BCUT2D eigenvalue weighted by molar-refractivity contribution is 14.1. The van der Waals surface area contributed by atoms with E-state index >= 15 is 0 Å². The van der Waals surface area contributed by atoms with Crippen molar-refractivity contribution in [3.05, 3.63) is 10.3 Å². The first-order chi connectivity index (χ1) is 3.27. The van der Waals surface area contributed by atoms with Gasteiger partial charge in [0.1, 0.15) is 0 Å². The summed E-state index contributed by atoms with van der Waals surface area (Å²) in [4.78, 5) is 0. The number of nitrogens with one attached hydrogen (secondary N) is 1. The van der Waals surface area contributed by atoms with E-state index in [1.54, 1.807) is 0 Å². The minimum Gasteiger partial charge on any atom is -0.395 e. The van der Waals surface area contributed by atoms with Crippen LogP contribution < -0.4 is 5.32 Å². The van der Waals surface area contributed by atoms with Crippen molar-refractivity contribution >= 4 is 22.6 Å². The standard InChI is InChI=1S/C4H8INO/c1-4(5)6-2-3-7/h6-7H,1-3H2. The van der Waals surface area contributed by atoms with Gasteiger partial charge < -0.3 is 10.4 Å². The summed E-state index contributed by atoms with van der Waals surface area (Å²) in [5, 5.41) is 11.0. The first kappa shape index (κ1) is 7.23. The Kier molecular flexibility index (Phi) is 4.53. The maximum atomic E-state index is 8.21. The highest BCUT2D eigenvalue weighted by Gasteiger charge is 1.79. The van der Waals surface area contributed by atoms with Crippen LogP contribution in [0.2, 0.25) is 0 Å². The highest BCUT2D eigenvalue weighted by Crippen LogP contribution is 1.92. The van der Waals surface area contributed by atoms with Crippen LogP contribution in [0, 0.1) is 0 Å². The molecular formula is C4H8INO. The van der Waals surface area contributed by atoms with Crippen molar-refractivity contribution in [1.82, 2.24) is 5.32 Å². The summed E-state index contributed by atoms with van der Waals surface area (Å²) in [6.45, 7) is 4.32. The molecule has 0 aromatic rings. The lowest BCUT2D eigenvalue weighted by Crippen LogP contribution is -2.12. The summed E-state index contributed by atoms with van der Waals surface area (Å²) in [5.41, 5.74) is 0. The first-order valence-electron chi connectivity index (χ1n) is 1.96. The van der Waals surface area contributed by atoms with Crippen molar-refractivity contribution in [2.24, 2.45) is 0 Å². The van der Waals surface area contributed by atoms with E-state index in [1.165, 1.54) is 0 Å².